The molecule has 1 aliphatic heterocycles. The van der Waals surface area contributed by atoms with E-state index in [2.05, 4.69) is 14.9 Å². The quantitative estimate of drug-likeness (QED) is 0.770. The number of aliphatic imine (C=N–C) groups is 1. The van der Waals surface area contributed by atoms with E-state index >= 15 is 0 Å². The molecule has 1 aromatic heterocycles. The van der Waals surface area contributed by atoms with E-state index in [4.69, 9.17) is 4.74 Å². The maximum absolute atomic E-state index is 12.3. The van der Waals surface area contributed by atoms with Crippen LogP contribution in [0.4, 0.5) is 11.4 Å². The van der Waals surface area contributed by atoms with Crippen molar-refractivity contribution in [2.45, 2.75) is 38.1 Å². The Morgan fingerprint density at radius 2 is 1.76 bits per heavy atom. The third kappa shape index (κ3) is 4.27. The molecule has 2 aromatic rings. The van der Waals surface area contributed by atoms with E-state index in [0.29, 0.717) is 5.69 Å². The highest BCUT2D eigenvalue weighted by molar-refractivity contribution is 5.84. The molecule has 4 rings (SSSR count). The van der Waals surface area contributed by atoms with E-state index in [1.807, 2.05) is 24.3 Å². The monoisotopic (exact) mass is 398 g/mol. The number of morpholine rings is 1. The summed E-state index contributed by atoms with van der Waals surface area (Å²) in [6.45, 7) is 3.15. The molecule has 1 saturated heterocycles. The van der Waals surface area contributed by atoms with Crippen molar-refractivity contribution in [1.82, 2.24) is 9.55 Å². The number of aromatic hydroxyl groups is 1. The predicted octanol–water partition coefficient (Wildman–Crippen LogP) is 2.33. The Hall–Kier alpha value is -2.87. The first-order chi connectivity index (χ1) is 14.1. The molecule has 1 saturated carbocycles. The number of aromatic amines is 1. The van der Waals surface area contributed by atoms with Gasteiger partial charge in [0.25, 0.3) is 5.56 Å². The Balaban J connectivity index is 1.57. The number of aromatic nitrogens is 2. The smallest absolute Gasteiger partial charge is 0.331 e. The summed E-state index contributed by atoms with van der Waals surface area (Å²) in [5.41, 5.74) is 0.571. The van der Waals surface area contributed by atoms with Gasteiger partial charge in [-0.05, 0) is 37.1 Å². The minimum atomic E-state index is -0.631. The highest BCUT2D eigenvalue weighted by Gasteiger charge is 2.22. The Labute approximate surface area is 168 Å². The van der Waals surface area contributed by atoms with Crippen molar-refractivity contribution in [3.63, 3.8) is 0 Å². The van der Waals surface area contributed by atoms with Crippen LogP contribution in [-0.2, 0) is 4.74 Å². The van der Waals surface area contributed by atoms with Crippen LogP contribution < -0.4 is 16.1 Å². The first kappa shape index (κ1) is 19.4. The molecule has 2 heterocycles. The number of nitrogens with zero attached hydrogens (tertiary/aromatic N) is 3. The van der Waals surface area contributed by atoms with Crippen LogP contribution in [0.15, 0.2) is 38.8 Å². The van der Waals surface area contributed by atoms with Crippen molar-refractivity contribution in [3.8, 4) is 5.88 Å². The third-order valence-corrected chi connectivity index (χ3v) is 5.66. The van der Waals surface area contributed by atoms with E-state index in [0.717, 1.165) is 64.1 Å². The standard InChI is InChI=1S/C21H26N4O4/c26-19-18(20(27)25(21(28)23-19)17-4-2-1-3-5-17)14-22-15-6-8-16(9-7-15)24-10-12-29-13-11-24/h6-9,14,17,27H,1-5,10-13H2,(H,23,26,28). The van der Waals surface area contributed by atoms with Gasteiger partial charge in [-0.25, -0.2) is 4.79 Å². The van der Waals surface area contributed by atoms with Crippen LogP contribution in [0.1, 0.15) is 43.7 Å². The number of hydrogen-bond donors (Lipinski definition) is 2. The highest BCUT2D eigenvalue weighted by atomic mass is 16.5. The van der Waals surface area contributed by atoms with E-state index in [-0.39, 0.29) is 17.5 Å². The van der Waals surface area contributed by atoms with Gasteiger partial charge in [-0.1, -0.05) is 19.3 Å². The molecule has 154 valence electrons. The van der Waals surface area contributed by atoms with Gasteiger partial charge in [0.1, 0.15) is 5.56 Å². The Morgan fingerprint density at radius 3 is 2.45 bits per heavy atom. The Bertz CT molecular complexity index is 981. The number of H-pyrrole nitrogens is 1. The van der Waals surface area contributed by atoms with Gasteiger partial charge in [0.05, 0.1) is 18.9 Å². The lowest BCUT2D eigenvalue weighted by Gasteiger charge is -2.28. The molecular formula is C21H26N4O4. The van der Waals surface area contributed by atoms with E-state index in [1.165, 1.54) is 10.8 Å². The second-order valence-corrected chi connectivity index (χ2v) is 7.53. The van der Waals surface area contributed by atoms with Crippen LogP contribution in [0, 0.1) is 0 Å². The molecule has 29 heavy (non-hydrogen) atoms. The molecule has 1 aromatic carbocycles. The highest BCUT2D eigenvalue weighted by Crippen LogP contribution is 2.30. The SMILES string of the molecule is O=c1[nH]c(=O)n(C2CCCCC2)c(O)c1C=Nc1ccc(N2CCOCC2)cc1. The van der Waals surface area contributed by atoms with Crippen molar-refractivity contribution in [2.24, 2.45) is 4.99 Å². The normalized spacial score (nSPS) is 18.4. The molecule has 0 atom stereocenters. The molecule has 8 heteroatoms. The fourth-order valence-electron chi connectivity index (χ4n) is 4.06. The number of benzene rings is 1. The van der Waals surface area contributed by atoms with Gasteiger partial charge >= 0.3 is 5.69 Å². The summed E-state index contributed by atoms with van der Waals surface area (Å²) in [5.74, 6) is -0.306. The summed E-state index contributed by atoms with van der Waals surface area (Å²) in [6, 6.07) is 7.59. The molecule has 0 unspecified atom stereocenters. The zero-order valence-corrected chi connectivity index (χ0v) is 16.3. The van der Waals surface area contributed by atoms with Gasteiger partial charge in [-0.2, -0.15) is 0 Å². The molecule has 1 aliphatic carbocycles. The van der Waals surface area contributed by atoms with Crippen molar-refractivity contribution < 1.29 is 9.84 Å². The number of nitrogens with one attached hydrogen (secondary N) is 1. The van der Waals surface area contributed by atoms with Gasteiger partial charge < -0.3 is 14.7 Å². The summed E-state index contributed by atoms with van der Waals surface area (Å²) >= 11 is 0. The second kappa shape index (κ2) is 8.65. The predicted molar refractivity (Wildman–Crippen MR) is 112 cm³/mol. The lowest BCUT2D eigenvalue weighted by atomic mass is 9.95. The topological polar surface area (TPSA) is 99.9 Å². The molecule has 2 aliphatic rings. The van der Waals surface area contributed by atoms with Crippen LogP contribution in [0.5, 0.6) is 5.88 Å². The van der Waals surface area contributed by atoms with E-state index in [1.54, 1.807) is 0 Å². The lowest BCUT2D eigenvalue weighted by molar-refractivity contribution is 0.122. The molecule has 0 spiro atoms. The van der Waals surface area contributed by atoms with Crippen LogP contribution >= 0.6 is 0 Å². The Kier molecular flexibility index (Phi) is 5.80. The zero-order chi connectivity index (χ0) is 20.2. The average Bonchev–Trinajstić information content (AvgIpc) is 2.75. The van der Waals surface area contributed by atoms with Gasteiger partial charge in [-0.3, -0.25) is 19.3 Å². The van der Waals surface area contributed by atoms with Gasteiger partial charge in [0.15, 0.2) is 0 Å². The van der Waals surface area contributed by atoms with Gasteiger partial charge in [-0.15, -0.1) is 0 Å². The summed E-state index contributed by atoms with van der Waals surface area (Å²) in [4.78, 5) is 33.4. The number of rotatable bonds is 4. The van der Waals surface area contributed by atoms with Crippen LogP contribution in [0.3, 0.4) is 0 Å². The average molecular weight is 398 g/mol. The largest absolute Gasteiger partial charge is 0.494 e. The van der Waals surface area contributed by atoms with Crippen LogP contribution in [0.2, 0.25) is 0 Å². The molecule has 0 radical (unpaired) electrons. The van der Waals surface area contributed by atoms with Crippen LogP contribution in [-0.4, -0.2) is 47.2 Å². The third-order valence-electron chi connectivity index (χ3n) is 5.66. The van der Waals surface area contributed by atoms with Gasteiger partial charge in [0.2, 0.25) is 5.88 Å². The summed E-state index contributed by atoms with van der Waals surface area (Å²) in [7, 11) is 0. The maximum Gasteiger partial charge on any atom is 0.331 e. The fourth-order valence-corrected chi connectivity index (χ4v) is 4.06. The van der Waals surface area contributed by atoms with Crippen LogP contribution in [0.25, 0.3) is 0 Å². The first-order valence-electron chi connectivity index (χ1n) is 10.2. The maximum atomic E-state index is 12.3. The van der Waals surface area contributed by atoms with Gasteiger partial charge in [0, 0.05) is 31.0 Å². The van der Waals surface area contributed by atoms with Crippen molar-refractivity contribution in [1.29, 1.82) is 0 Å². The van der Waals surface area contributed by atoms with Crippen molar-refractivity contribution in [3.05, 3.63) is 50.7 Å². The van der Waals surface area contributed by atoms with Crippen molar-refractivity contribution in [2.75, 3.05) is 31.2 Å². The number of ether oxygens (including phenoxy) is 1. The summed E-state index contributed by atoms with van der Waals surface area (Å²) in [5, 5.41) is 10.6. The molecular weight excluding hydrogens is 372 g/mol. The molecule has 8 nitrogen and oxygen atoms in total. The molecule has 0 bridgehead atoms. The lowest BCUT2D eigenvalue weighted by Crippen LogP contribution is -2.36. The number of hydrogen-bond acceptors (Lipinski definition) is 6. The second-order valence-electron chi connectivity index (χ2n) is 7.53. The Morgan fingerprint density at radius 1 is 1.07 bits per heavy atom. The zero-order valence-electron chi connectivity index (χ0n) is 16.3. The molecule has 2 fully saturated rings. The minimum absolute atomic E-state index is 0.00688. The van der Waals surface area contributed by atoms with E-state index in [9.17, 15) is 14.7 Å². The minimum Gasteiger partial charge on any atom is -0.494 e. The van der Waals surface area contributed by atoms with Crippen molar-refractivity contribution >= 4 is 17.6 Å². The summed E-state index contributed by atoms with van der Waals surface area (Å²) < 4.78 is 6.68. The number of anilines is 1. The first-order valence-corrected chi connectivity index (χ1v) is 10.2. The fraction of sp³-hybridized carbons (Fsp3) is 0.476. The summed E-state index contributed by atoms with van der Waals surface area (Å²) in [6.07, 6.45) is 6.11. The molecule has 0 amide bonds. The molecule has 2 N–H and O–H groups in total. The van der Waals surface area contributed by atoms with E-state index < -0.39 is 11.2 Å².